The molecule has 0 unspecified atom stereocenters. The molecule has 3 aromatic rings. The summed E-state index contributed by atoms with van der Waals surface area (Å²) in [6, 6.07) is 16.3. The van der Waals surface area contributed by atoms with Crippen molar-refractivity contribution >= 4 is 46.3 Å². The Kier molecular flexibility index (Phi) is 5.40. The Morgan fingerprint density at radius 2 is 1.73 bits per heavy atom. The van der Waals surface area contributed by atoms with Crippen molar-refractivity contribution in [1.82, 2.24) is 9.97 Å². The van der Waals surface area contributed by atoms with Crippen molar-refractivity contribution in [3.63, 3.8) is 0 Å². The third-order valence-corrected chi connectivity index (χ3v) is 4.46. The molecule has 3 rings (SSSR count). The molecule has 2 aromatic carbocycles. The number of nitrogens with zero attached hydrogens (tertiary/aromatic N) is 3. The fourth-order valence-corrected chi connectivity index (χ4v) is 2.69. The van der Waals surface area contributed by atoms with Crippen molar-refractivity contribution in [3.8, 4) is 0 Å². The maximum atomic E-state index is 12.6. The second-order valence-corrected chi connectivity index (χ2v) is 6.45. The van der Waals surface area contributed by atoms with Gasteiger partial charge in [0.05, 0.1) is 10.0 Å². The lowest BCUT2D eigenvalue weighted by Crippen LogP contribution is -2.18. The predicted octanol–water partition coefficient (Wildman–Crippen LogP) is 5.11. The van der Waals surface area contributed by atoms with Crippen LogP contribution in [0.3, 0.4) is 0 Å². The van der Waals surface area contributed by atoms with E-state index < -0.39 is 0 Å². The lowest BCUT2D eigenvalue weighted by atomic mass is 10.2. The van der Waals surface area contributed by atoms with Gasteiger partial charge in [0.1, 0.15) is 17.3 Å². The molecule has 1 aromatic heterocycles. The monoisotopic (exact) mass is 386 g/mol. The fraction of sp³-hybridized carbons (Fsp3) is 0.105. The minimum Gasteiger partial charge on any atom is -0.329 e. The maximum absolute atomic E-state index is 12.6. The lowest BCUT2D eigenvalue weighted by molar-refractivity contribution is 0.102. The Morgan fingerprint density at radius 1 is 1.00 bits per heavy atom. The molecule has 7 heteroatoms. The van der Waals surface area contributed by atoms with Gasteiger partial charge in [0.15, 0.2) is 0 Å². The van der Waals surface area contributed by atoms with Gasteiger partial charge in [-0.2, -0.15) is 0 Å². The first-order chi connectivity index (χ1) is 12.4. The average Bonchev–Trinajstić information content (AvgIpc) is 2.64. The Balaban J connectivity index is 1.87. The van der Waals surface area contributed by atoms with Gasteiger partial charge in [0.25, 0.3) is 5.91 Å². The van der Waals surface area contributed by atoms with Crippen LogP contribution in [0.2, 0.25) is 10.0 Å². The van der Waals surface area contributed by atoms with E-state index in [-0.39, 0.29) is 11.6 Å². The van der Waals surface area contributed by atoms with E-state index in [1.54, 1.807) is 31.2 Å². The minimum atomic E-state index is -0.350. The number of rotatable bonds is 4. The van der Waals surface area contributed by atoms with E-state index >= 15 is 0 Å². The number of aryl methyl sites for hydroxylation is 1. The quantitative estimate of drug-likeness (QED) is 0.676. The Bertz CT molecular complexity index is 948. The van der Waals surface area contributed by atoms with Crippen LogP contribution in [0.25, 0.3) is 0 Å². The molecule has 0 bridgehead atoms. The number of anilines is 3. The SMILES string of the molecule is Cc1nc(C(=O)Nc2ccc(Cl)c(Cl)c2)cc(N(C)c2ccccc2)n1. The third-order valence-electron chi connectivity index (χ3n) is 3.72. The second kappa shape index (κ2) is 7.72. The van der Waals surface area contributed by atoms with Crippen molar-refractivity contribution in [2.75, 3.05) is 17.3 Å². The molecule has 1 N–H and O–H groups in total. The maximum Gasteiger partial charge on any atom is 0.274 e. The lowest BCUT2D eigenvalue weighted by Gasteiger charge is -2.19. The molecule has 1 heterocycles. The van der Waals surface area contributed by atoms with E-state index in [4.69, 9.17) is 23.2 Å². The zero-order valence-corrected chi connectivity index (χ0v) is 15.7. The summed E-state index contributed by atoms with van der Waals surface area (Å²) in [4.78, 5) is 23.1. The number of nitrogens with one attached hydrogen (secondary N) is 1. The summed E-state index contributed by atoms with van der Waals surface area (Å²) in [5.41, 5.74) is 1.77. The van der Waals surface area contributed by atoms with Gasteiger partial charge in [-0.25, -0.2) is 9.97 Å². The van der Waals surface area contributed by atoms with Crippen LogP contribution < -0.4 is 10.2 Å². The molecule has 0 spiro atoms. The largest absolute Gasteiger partial charge is 0.329 e. The number of hydrogen-bond donors (Lipinski definition) is 1. The minimum absolute atomic E-state index is 0.265. The molecule has 0 aliphatic carbocycles. The van der Waals surface area contributed by atoms with Gasteiger partial charge in [-0.3, -0.25) is 4.79 Å². The zero-order chi connectivity index (χ0) is 18.7. The summed E-state index contributed by atoms with van der Waals surface area (Å²) >= 11 is 11.9. The molecule has 26 heavy (non-hydrogen) atoms. The predicted molar refractivity (Wildman–Crippen MR) is 106 cm³/mol. The molecule has 0 saturated carbocycles. The smallest absolute Gasteiger partial charge is 0.274 e. The number of carbonyl (C=O) groups is 1. The van der Waals surface area contributed by atoms with Crippen molar-refractivity contribution in [3.05, 3.63) is 76.2 Å². The van der Waals surface area contributed by atoms with Crippen LogP contribution in [0, 0.1) is 6.92 Å². The van der Waals surface area contributed by atoms with E-state index in [0.717, 1.165) is 5.69 Å². The van der Waals surface area contributed by atoms with Gasteiger partial charge < -0.3 is 10.2 Å². The van der Waals surface area contributed by atoms with E-state index in [2.05, 4.69) is 15.3 Å². The summed E-state index contributed by atoms with van der Waals surface area (Å²) in [5, 5.41) is 3.56. The Morgan fingerprint density at radius 3 is 2.42 bits per heavy atom. The highest BCUT2D eigenvalue weighted by Crippen LogP contribution is 2.26. The van der Waals surface area contributed by atoms with Gasteiger partial charge in [0, 0.05) is 24.5 Å². The number of para-hydroxylation sites is 1. The van der Waals surface area contributed by atoms with E-state index in [1.807, 2.05) is 42.3 Å². The van der Waals surface area contributed by atoms with Crippen molar-refractivity contribution < 1.29 is 4.79 Å². The summed E-state index contributed by atoms with van der Waals surface area (Å²) < 4.78 is 0. The number of aromatic nitrogens is 2. The van der Waals surface area contributed by atoms with Gasteiger partial charge in [-0.1, -0.05) is 41.4 Å². The molecular weight excluding hydrogens is 371 g/mol. The molecule has 5 nitrogen and oxygen atoms in total. The van der Waals surface area contributed by atoms with Gasteiger partial charge >= 0.3 is 0 Å². The number of amides is 1. The summed E-state index contributed by atoms with van der Waals surface area (Å²) in [6.45, 7) is 1.75. The van der Waals surface area contributed by atoms with Crippen molar-refractivity contribution in [2.45, 2.75) is 6.92 Å². The third kappa shape index (κ3) is 4.12. The number of carbonyl (C=O) groups excluding carboxylic acids is 1. The molecule has 0 fully saturated rings. The highest BCUT2D eigenvalue weighted by atomic mass is 35.5. The van der Waals surface area contributed by atoms with Crippen LogP contribution in [0.15, 0.2) is 54.6 Å². The first-order valence-electron chi connectivity index (χ1n) is 7.85. The highest BCUT2D eigenvalue weighted by molar-refractivity contribution is 6.42. The van der Waals surface area contributed by atoms with Crippen LogP contribution in [0.5, 0.6) is 0 Å². The highest BCUT2D eigenvalue weighted by Gasteiger charge is 2.14. The van der Waals surface area contributed by atoms with Gasteiger partial charge in [-0.15, -0.1) is 0 Å². The molecule has 1 amide bonds. The molecule has 0 atom stereocenters. The van der Waals surface area contributed by atoms with Crippen LogP contribution in [0.1, 0.15) is 16.3 Å². The average molecular weight is 387 g/mol. The standard InChI is InChI=1S/C19H16Cl2N4O/c1-12-22-17(19(26)24-13-8-9-15(20)16(21)10-13)11-18(23-12)25(2)14-6-4-3-5-7-14/h3-11H,1-2H3,(H,24,26). The van der Waals surface area contributed by atoms with Crippen LogP contribution in [-0.4, -0.2) is 22.9 Å². The molecule has 132 valence electrons. The Labute approximate surface area is 161 Å². The zero-order valence-electron chi connectivity index (χ0n) is 14.2. The second-order valence-electron chi connectivity index (χ2n) is 5.64. The summed E-state index contributed by atoms with van der Waals surface area (Å²) in [7, 11) is 1.89. The number of halogens is 2. The molecule has 0 radical (unpaired) electrons. The van der Waals surface area contributed by atoms with Crippen LogP contribution >= 0.6 is 23.2 Å². The first-order valence-corrected chi connectivity index (χ1v) is 8.60. The van der Waals surface area contributed by atoms with Crippen LogP contribution in [0.4, 0.5) is 17.2 Å². The molecule has 0 saturated heterocycles. The normalized spacial score (nSPS) is 10.5. The summed E-state index contributed by atoms with van der Waals surface area (Å²) in [5.74, 6) is 0.782. The molecule has 0 aliphatic heterocycles. The fourth-order valence-electron chi connectivity index (χ4n) is 2.39. The molecular formula is C19H16Cl2N4O. The van der Waals surface area contributed by atoms with E-state index in [0.29, 0.717) is 27.4 Å². The van der Waals surface area contributed by atoms with Gasteiger partial charge in [0.2, 0.25) is 0 Å². The topological polar surface area (TPSA) is 58.1 Å². The number of hydrogen-bond acceptors (Lipinski definition) is 4. The molecule has 0 aliphatic rings. The first kappa shape index (κ1) is 18.2. The Hall–Kier alpha value is -2.63. The number of benzene rings is 2. The van der Waals surface area contributed by atoms with E-state index in [1.165, 1.54) is 0 Å². The summed E-state index contributed by atoms with van der Waals surface area (Å²) in [6.07, 6.45) is 0. The van der Waals surface area contributed by atoms with Crippen molar-refractivity contribution in [1.29, 1.82) is 0 Å². The van der Waals surface area contributed by atoms with Crippen molar-refractivity contribution in [2.24, 2.45) is 0 Å². The van der Waals surface area contributed by atoms with E-state index in [9.17, 15) is 4.79 Å². The van der Waals surface area contributed by atoms with Crippen LogP contribution in [-0.2, 0) is 0 Å². The van der Waals surface area contributed by atoms with Gasteiger partial charge in [-0.05, 0) is 37.3 Å².